The molecule has 2 atom stereocenters. The van der Waals surface area contributed by atoms with E-state index in [-0.39, 0.29) is 24.4 Å². The number of hydrogen-bond donors (Lipinski definition) is 1. The minimum atomic E-state index is -0.112. The Labute approximate surface area is 194 Å². The fourth-order valence-electron chi connectivity index (χ4n) is 4.33. The number of ether oxygens (including phenoxy) is 1. The molecule has 1 aliphatic carbocycles. The molecule has 2 amide bonds. The smallest absolute Gasteiger partial charge is 0.261 e. The number of nitrogens with one attached hydrogen (secondary N) is 1. The molecule has 32 heavy (non-hydrogen) atoms. The van der Waals surface area contributed by atoms with Crippen molar-refractivity contribution in [3.05, 3.63) is 70.1 Å². The summed E-state index contributed by atoms with van der Waals surface area (Å²) in [6, 6.07) is 15.9. The first-order valence-electron chi connectivity index (χ1n) is 11.2. The van der Waals surface area contributed by atoms with E-state index in [0.29, 0.717) is 16.7 Å². The molecule has 2 aromatic rings. The van der Waals surface area contributed by atoms with Crippen LogP contribution in [0.4, 0.5) is 0 Å². The molecule has 4 rings (SSSR count). The highest BCUT2D eigenvalue weighted by molar-refractivity contribution is 8.04. The zero-order valence-corrected chi connectivity index (χ0v) is 19.5. The topological polar surface area (TPSA) is 58.6 Å². The van der Waals surface area contributed by atoms with E-state index in [1.165, 1.54) is 12.0 Å². The maximum atomic E-state index is 13.4. The predicted octanol–water partition coefficient (Wildman–Crippen LogP) is 4.55. The number of carbonyl (C=O) groups excluding carboxylic acids is 2. The van der Waals surface area contributed by atoms with Crippen molar-refractivity contribution in [2.24, 2.45) is 0 Å². The van der Waals surface area contributed by atoms with E-state index in [2.05, 4.69) is 5.32 Å². The lowest BCUT2D eigenvalue weighted by molar-refractivity contribution is -0.135. The summed E-state index contributed by atoms with van der Waals surface area (Å²) in [6.45, 7) is 2.62. The van der Waals surface area contributed by atoms with Crippen molar-refractivity contribution >= 4 is 29.7 Å². The number of fused-ring (bicyclic) bond motifs is 1. The van der Waals surface area contributed by atoms with Crippen LogP contribution in [0.25, 0.3) is 6.08 Å². The van der Waals surface area contributed by atoms with Crippen LogP contribution in [-0.2, 0) is 16.1 Å². The van der Waals surface area contributed by atoms with E-state index < -0.39 is 0 Å². The molecule has 2 aliphatic rings. The van der Waals surface area contributed by atoms with Gasteiger partial charge < -0.3 is 15.0 Å². The summed E-state index contributed by atoms with van der Waals surface area (Å²) in [5, 5.41) is 3.33. The van der Waals surface area contributed by atoms with Crippen molar-refractivity contribution in [3.63, 3.8) is 0 Å². The van der Waals surface area contributed by atoms with Crippen LogP contribution >= 0.6 is 11.8 Å². The molecule has 2 fully saturated rings. The number of thioether (sulfide) groups is 1. The first kappa shape index (κ1) is 22.5. The number of methoxy groups -OCH3 is 1. The van der Waals surface area contributed by atoms with Gasteiger partial charge in [0.25, 0.3) is 5.91 Å². The van der Waals surface area contributed by atoms with E-state index >= 15 is 0 Å². The molecule has 6 heteroatoms. The summed E-state index contributed by atoms with van der Waals surface area (Å²) in [6.07, 6.45) is 6.25. The molecule has 5 nitrogen and oxygen atoms in total. The predicted molar refractivity (Wildman–Crippen MR) is 129 cm³/mol. The van der Waals surface area contributed by atoms with Crippen LogP contribution in [0, 0.1) is 6.92 Å². The Balaban J connectivity index is 1.47. The summed E-state index contributed by atoms with van der Waals surface area (Å²) < 4.78 is 5.23. The third-order valence-corrected chi connectivity index (χ3v) is 7.55. The summed E-state index contributed by atoms with van der Waals surface area (Å²) >= 11 is 1.68. The minimum absolute atomic E-state index is 0.0422. The molecule has 168 valence electrons. The zero-order chi connectivity index (χ0) is 22.5. The van der Waals surface area contributed by atoms with E-state index in [4.69, 9.17) is 4.74 Å². The highest BCUT2D eigenvalue weighted by atomic mass is 32.2. The van der Waals surface area contributed by atoms with Crippen molar-refractivity contribution in [2.45, 2.75) is 50.4 Å². The number of rotatable bonds is 6. The van der Waals surface area contributed by atoms with Gasteiger partial charge in [-0.1, -0.05) is 54.8 Å². The van der Waals surface area contributed by atoms with Crippen molar-refractivity contribution in [2.75, 3.05) is 13.7 Å². The summed E-state index contributed by atoms with van der Waals surface area (Å²) in [5.41, 5.74) is 3.20. The molecule has 0 spiro atoms. The average molecular weight is 451 g/mol. The number of amides is 2. The Bertz CT molecular complexity index is 985. The van der Waals surface area contributed by atoms with Gasteiger partial charge in [-0.3, -0.25) is 9.59 Å². The number of benzene rings is 2. The van der Waals surface area contributed by atoms with Crippen molar-refractivity contribution < 1.29 is 14.3 Å². The average Bonchev–Trinajstić information content (AvgIpc) is 2.82. The van der Waals surface area contributed by atoms with Gasteiger partial charge in [0.2, 0.25) is 5.91 Å². The number of aryl methyl sites for hydroxylation is 1. The van der Waals surface area contributed by atoms with Gasteiger partial charge in [0.05, 0.1) is 12.0 Å². The molecule has 1 saturated heterocycles. The van der Waals surface area contributed by atoms with E-state index in [1.54, 1.807) is 23.8 Å². The molecule has 0 radical (unpaired) electrons. The van der Waals surface area contributed by atoms with Gasteiger partial charge in [-0.2, -0.15) is 0 Å². The first-order valence-corrected chi connectivity index (χ1v) is 12.1. The molecule has 0 aromatic heterocycles. The fraction of sp³-hybridized carbons (Fsp3) is 0.385. The molecule has 2 aromatic carbocycles. The van der Waals surface area contributed by atoms with Crippen LogP contribution in [0.3, 0.4) is 0 Å². The molecule has 1 N–H and O–H groups in total. The van der Waals surface area contributed by atoms with Crippen LogP contribution in [0.15, 0.2) is 53.4 Å². The van der Waals surface area contributed by atoms with Gasteiger partial charge in [-0.25, -0.2) is 0 Å². The second kappa shape index (κ2) is 10.3. The Morgan fingerprint density at radius 3 is 2.56 bits per heavy atom. The van der Waals surface area contributed by atoms with Gasteiger partial charge in [-0.15, -0.1) is 11.8 Å². The quantitative estimate of drug-likeness (QED) is 0.656. The second-order valence-electron chi connectivity index (χ2n) is 8.49. The minimum Gasteiger partial charge on any atom is -0.497 e. The van der Waals surface area contributed by atoms with Gasteiger partial charge in [0.15, 0.2) is 0 Å². The largest absolute Gasteiger partial charge is 0.497 e. The third-order valence-electron chi connectivity index (χ3n) is 6.16. The lowest BCUT2D eigenvalue weighted by Crippen LogP contribution is -2.54. The summed E-state index contributed by atoms with van der Waals surface area (Å²) in [5.74, 6) is 0.632. The SMILES string of the molecule is COc1ccc(/C=C2\SC3CCCCC3N(CC(=O)NCc3ccc(C)cc3)C2=O)cc1. The second-order valence-corrected chi connectivity index (χ2v) is 9.77. The molecule has 1 heterocycles. The fourth-order valence-corrected chi connectivity index (χ4v) is 5.80. The highest BCUT2D eigenvalue weighted by Gasteiger charge is 2.41. The maximum Gasteiger partial charge on any atom is 0.261 e. The maximum absolute atomic E-state index is 13.4. The van der Waals surface area contributed by atoms with Gasteiger partial charge >= 0.3 is 0 Å². The Hall–Kier alpha value is -2.73. The van der Waals surface area contributed by atoms with Crippen LogP contribution in [0.1, 0.15) is 42.4 Å². The number of nitrogens with zero attached hydrogens (tertiary/aromatic N) is 1. The Morgan fingerprint density at radius 1 is 1.12 bits per heavy atom. The summed E-state index contributed by atoms with van der Waals surface area (Å²) in [7, 11) is 1.64. The van der Waals surface area contributed by atoms with E-state index in [9.17, 15) is 9.59 Å². The normalized spacial score (nSPS) is 21.9. The van der Waals surface area contributed by atoms with Crippen molar-refractivity contribution in [1.82, 2.24) is 10.2 Å². The van der Waals surface area contributed by atoms with Gasteiger partial charge in [-0.05, 0) is 49.1 Å². The van der Waals surface area contributed by atoms with Crippen LogP contribution < -0.4 is 10.1 Å². The standard InChI is InChI=1S/C26H30N2O3S/c1-18-7-9-20(10-8-18)16-27-25(29)17-28-22-5-3-4-6-23(22)32-24(26(28)30)15-19-11-13-21(31-2)14-12-19/h7-15,22-23H,3-6,16-17H2,1-2H3,(H,27,29)/b24-15-. The molecule has 0 bridgehead atoms. The monoisotopic (exact) mass is 450 g/mol. The molecule has 2 unspecified atom stereocenters. The lowest BCUT2D eigenvalue weighted by atomic mass is 9.93. The summed E-state index contributed by atoms with van der Waals surface area (Å²) in [4.78, 5) is 28.7. The van der Waals surface area contributed by atoms with E-state index in [1.807, 2.05) is 61.5 Å². The van der Waals surface area contributed by atoms with Crippen molar-refractivity contribution in [1.29, 1.82) is 0 Å². The Morgan fingerprint density at radius 2 is 1.84 bits per heavy atom. The first-order chi connectivity index (χ1) is 15.5. The lowest BCUT2D eigenvalue weighted by Gasteiger charge is -2.43. The highest BCUT2D eigenvalue weighted by Crippen LogP contribution is 2.42. The third kappa shape index (κ3) is 5.36. The zero-order valence-electron chi connectivity index (χ0n) is 18.7. The number of hydrogen-bond acceptors (Lipinski definition) is 4. The van der Waals surface area contributed by atoms with Crippen LogP contribution in [-0.4, -0.2) is 41.7 Å². The van der Waals surface area contributed by atoms with Crippen molar-refractivity contribution in [3.8, 4) is 5.75 Å². The van der Waals surface area contributed by atoms with Crippen LogP contribution in [0.5, 0.6) is 5.75 Å². The van der Waals surface area contributed by atoms with Gasteiger partial charge in [0, 0.05) is 17.8 Å². The molecule has 1 saturated carbocycles. The Kier molecular flexibility index (Phi) is 7.20. The number of carbonyl (C=O) groups is 2. The molecular formula is C26H30N2O3S. The van der Waals surface area contributed by atoms with Crippen LogP contribution in [0.2, 0.25) is 0 Å². The molecular weight excluding hydrogens is 420 g/mol. The molecule has 1 aliphatic heterocycles. The van der Waals surface area contributed by atoms with E-state index in [0.717, 1.165) is 36.1 Å². The van der Waals surface area contributed by atoms with Gasteiger partial charge in [0.1, 0.15) is 12.3 Å².